The van der Waals surface area contributed by atoms with Crippen LogP contribution in [-0.2, 0) is 4.79 Å². The molecule has 4 aromatic rings. The molecule has 0 aliphatic rings. The fraction of sp³-hybridized carbons (Fsp3) is 0.0882. The van der Waals surface area contributed by atoms with Gasteiger partial charge in [0.15, 0.2) is 5.78 Å². The predicted octanol–water partition coefficient (Wildman–Crippen LogP) is 6.07. The number of carbonyl (C=O) groups is 3. The summed E-state index contributed by atoms with van der Waals surface area (Å²) in [6.07, 6.45) is 4.87. The number of benzene rings is 4. The number of anilines is 2. The zero-order valence-electron chi connectivity index (χ0n) is 23.1. The third-order valence-corrected chi connectivity index (χ3v) is 6.22. The standard InChI is InChI=1S/C34H31N3O4/c1-37(2)29-18-9-24(10-19-29)13-22-32(38)26-14-16-28(17-15-26)35-34(40)31(23-25-11-20-30(41-3)21-12-25)36-33(39)27-7-5-4-6-8-27/h4-23H,1-3H3,(H,35,40)(H,36,39)/b22-13+,31-23-. The molecule has 206 valence electrons. The molecule has 0 aliphatic carbocycles. The van der Waals surface area contributed by atoms with E-state index in [-0.39, 0.29) is 11.5 Å². The van der Waals surface area contributed by atoms with Crippen molar-refractivity contribution in [2.75, 3.05) is 31.4 Å². The van der Waals surface area contributed by atoms with Crippen LogP contribution in [0.2, 0.25) is 0 Å². The zero-order valence-corrected chi connectivity index (χ0v) is 23.1. The number of methoxy groups -OCH3 is 1. The molecular formula is C34H31N3O4. The second-order valence-corrected chi connectivity index (χ2v) is 9.37. The summed E-state index contributed by atoms with van der Waals surface area (Å²) in [5.74, 6) is -0.405. The van der Waals surface area contributed by atoms with Gasteiger partial charge in [-0.05, 0) is 83.9 Å². The van der Waals surface area contributed by atoms with Gasteiger partial charge in [0, 0.05) is 36.6 Å². The van der Waals surface area contributed by atoms with E-state index in [1.165, 1.54) is 6.08 Å². The summed E-state index contributed by atoms with van der Waals surface area (Å²) in [5, 5.41) is 5.51. The summed E-state index contributed by atoms with van der Waals surface area (Å²) in [7, 11) is 5.52. The molecule has 2 amide bonds. The topological polar surface area (TPSA) is 87.7 Å². The average Bonchev–Trinajstić information content (AvgIpc) is 3.00. The van der Waals surface area contributed by atoms with Crippen molar-refractivity contribution in [1.82, 2.24) is 5.32 Å². The molecule has 0 aromatic heterocycles. The summed E-state index contributed by atoms with van der Waals surface area (Å²) >= 11 is 0. The van der Waals surface area contributed by atoms with Gasteiger partial charge >= 0.3 is 0 Å². The average molecular weight is 546 g/mol. The second kappa shape index (κ2) is 13.6. The first-order chi connectivity index (χ1) is 19.8. The van der Waals surface area contributed by atoms with Crippen LogP contribution in [0.3, 0.4) is 0 Å². The van der Waals surface area contributed by atoms with Crippen molar-refractivity contribution in [3.05, 3.63) is 137 Å². The van der Waals surface area contributed by atoms with E-state index < -0.39 is 11.8 Å². The van der Waals surface area contributed by atoms with Crippen molar-refractivity contribution in [3.8, 4) is 5.75 Å². The Morgan fingerprint density at radius 3 is 1.98 bits per heavy atom. The second-order valence-electron chi connectivity index (χ2n) is 9.37. The first-order valence-electron chi connectivity index (χ1n) is 13.0. The van der Waals surface area contributed by atoms with Gasteiger partial charge in [0.25, 0.3) is 11.8 Å². The number of hydrogen-bond acceptors (Lipinski definition) is 5. The molecular weight excluding hydrogens is 514 g/mol. The SMILES string of the molecule is COc1ccc(/C=C(\NC(=O)c2ccccc2)C(=O)Nc2ccc(C(=O)/C=C/c3ccc(N(C)C)cc3)cc2)cc1. The molecule has 7 heteroatoms. The Balaban J connectivity index is 1.47. The van der Waals surface area contributed by atoms with E-state index >= 15 is 0 Å². The highest BCUT2D eigenvalue weighted by atomic mass is 16.5. The molecule has 2 N–H and O–H groups in total. The third-order valence-electron chi connectivity index (χ3n) is 6.22. The van der Waals surface area contributed by atoms with Crippen molar-refractivity contribution < 1.29 is 19.1 Å². The first-order valence-corrected chi connectivity index (χ1v) is 13.0. The molecule has 4 rings (SSSR count). The predicted molar refractivity (Wildman–Crippen MR) is 164 cm³/mol. The number of ether oxygens (including phenoxy) is 1. The van der Waals surface area contributed by atoms with Crippen LogP contribution in [0.15, 0.2) is 115 Å². The lowest BCUT2D eigenvalue weighted by molar-refractivity contribution is -0.113. The van der Waals surface area contributed by atoms with Crippen LogP contribution in [-0.4, -0.2) is 38.8 Å². The smallest absolute Gasteiger partial charge is 0.272 e. The molecule has 0 unspecified atom stereocenters. The minimum Gasteiger partial charge on any atom is -0.497 e. The van der Waals surface area contributed by atoms with Crippen LogP contribution < -0.4 is 20.3 Å². The van der Waals surface area contributed by atoms with Gasteiger partial charge in [0.2, 0.25) is 0 Å². The van der Waals surface area contributed by atoms with E-state index in [1.807, 2.05) is 49.3 Å². The third kappa shape index (κ3) is 8.03. The highest BCUT2D eigenvalue weighted by Crippen LogP contribution is 2.17. The van der Waals surface area contributed by atoms with E-state index in [9.17, 15) is 14.4 Å². The number of rotatable bonds is 10. The van der Waals surface area contributed by atoms with E-state index in [1.54, 1.807) is 92.1 Å². The fourth-order valence-corrected chi connectivity index (χ4v) is 3.88. The van der Waals surface area contributed by atoms with Gasteiger partial charge in [-0.25, -0.2) is 0 Å². The van der Waals surface area contributed by atoms with Gasteiger partial charge in [0.1, 0.15) is 11.4 Å². The molecule has 0 heterocycles. The van der Waals surface area contributed by atoms with E-state index in [2.05, 4.69) is 10.6 Å². The Morgan fingerprint density at radius 2 is 1.37 bits per heavy atom. The first kappa shape index (κ1) is 28.6. The minimum absolute atomic E-state index is 0.0624. The summed E-state index contributed by atoms with van der Waals surface area (Å²) in [4.78, 5) is 40.8. The number of carbonyl (C=O) groups excluding carboxylic acids is 3. The number of allylic oxidation sites excluding steroid dienone is 1. The highest BCUT2D eigenvalue weighted by Gasteiger charge is 2.15. The molecule has 0 bridgehead atoms. The summed E-state index contributed by atoms with van der Waals surface area (Å²) in [5.41, 5.74) is 4.14. The lowest BCUT2D eigenvalue weighted by Gasteiger charge is -2.12. The lowest BCUT2D eigenvalue weighted by atomic mass is 10.1. The van der Waals surface area contributed by atoms with Crippen molar-refractivity contribution in [2.45, 2.75) is 0 Å². The number of amides is 2. The zero-order chi connectivity index (χ0) is 29.2. The molecule has 41 heavy (non-hydrogen) atoms. The largest absolute Gasteiger partial charge is 0.497 e. The Bertz CT molecular complexity index is 1560. The van der Waals surface area contributed by atoms with Gasteiger partial charge in [0.05, 0.1) is 7.11 Å². The summed E-state index contributed by atoms with van der Waals surface area (Å²) in [6.45, 7) is 0. The fourth-order valence-electron chi connectivity index (χ4n) is 3.88. The van der Waals surface area contributed by atoms with Crippen LogP contribution in [0.25, 0.3) is 12.2 Å². The van der Waals surface area contributed by atoms with Crippen LogP contribution in [0.4, 0.5) is 11.4 Å². The van der Waals surface area contributed by atoms with Crippen molar-refractivity contribution in [2.24, 2.45) is 0 Å². The van der Waals surface area contributed by atoms with Crippen LogP contribution >= 0.6 is 0 Å². The van der Waals surface area contributed by atoms with Gasteiger partial charge < -0.3 is 20.3 Å². The highest BCUT2D eigenvalue weighted by molar-refractivity contribution is 6.11. The molecule has 0 atom stereocenters. The molecule has 0 fully saturated rings. The number of hydrogen-bond donors (Lipinski definition) is 2. The van der Waals surface area contributed by atoms with Crippen molar-refractivity contribution >= 4 is 41.1 Å². The van der Waals surface area contributed by atoms with E-state index in [0.29, 0.717) is 28.1 Å². The molecule has 0 radical (unpaired) electrons. The molecule has 0 aliphatic heterocycles. The Kier molecular flexibility index (Phi) is 9.46. The van der Waals surface area contributed by atoms with Gasteiger partial charge in [-0.1, -0.05) is 48.5 Å². The quantitative estimate of drug-likeness (QED) is 0.187. The Hall–Kier alpha value is -5.43. The summed E-state index contributed by atoms with van der Waals surface area (Å²) in [6, 6.07) is 30.2. The van der Waals surface area contributed by atoms with Crippen molar-refractivity contribution in [1.29, 1.82) is 0 Å². The van der Waals surface area contributed by atoms with Gasteiger partial charge in [-0.3, -0.25) is 14.4 Å². The van der Waals surface area contributed by atoms with Crippen LogP contribution in [0.5, 0.6) is 5.75 Å². The van der Waals surface area contributed by atoms with E-state index in [4.69, 9.17) is 4.74 Å². The lowest BCUT2D eigenvalue weighted by Crippen LogP contribution is -2.30. The number of ketones is 1. The van der Waals surface area contributed by atoms with Crippen LogP contribution in [0.1, 0.15) is 31.8 Å². The molecule has 0 saturated carbocycles. The molecule has 0 saturated heterocycles. The minimum atomic E-state index is -0.509. The number of nitrogens with zero attached hydrogens (tertiary/aromatic N) is 1. The maximum absolute atomic E-state index is 13.3. The summed E-state index contributed by atoms with van der Waals surface area (Å²) < 4.78 is 5.20. The molecule has 4 aromatic carbocycles. The maximum atomic E-state index is 13.3. The van der Waals surface area contributed by atoms with Crippen molar-refractivity contribution in [3.63, 3.8) is 0 Å². The Morgan fingerprint density at radius 1 is 0.732 bits per heavy atom. The van der Waals surface area contributed by atoms with E-state index in [0.717, 1.165) is 11.3 Å². The monoisotopic (exact) mass is 545 g/mol. The maximum Gasteiger partial charge on any atom is 0.272 e. The number of nitrogens with one attached hydrogen (secondary N) is 2. The molecule has 7 nitrogen and oxygen atoms in total. The molecule has 0 spiro atoms. The normalized spacial score (nSPS) is 11.1. The van der Waals surface area contributed by atoms with Crippen LogP contribution in [0, 0.1) is 0 Å². The Labute approximate surface area is 239 Å². The van der Waals surface area contributed by atoms with Gasteiger partial charge in [-0.15, -0.1) is 0 Å². The van der Waals surface area contributed by atoms with Gasteiger partial charge in [-0.2, -0.15) is 0 Å².